The summed E-state index contributed by atoms with van der Waals surface area (Å²) in [6.45, 7) is 0. The molecule has 1 aromatic carbocycles. The van der Waals surface area contributed by atoms with Crippen LogP contribution in [0.5, 0.6) is 11.5 Å². The van der Waals surface area contributed by atoms with Crippen molar-refractivity contribution in [2.24, 2.45) is 0 Å². The van der Waals surface area contributed by atoms with Crippen molar-refractivity contribution in [2.45, 2.75) is 0 Å². The SMILES string of the molecule is N#Cc1c(Cl)c(Cl)c(Oc2cccnc2)c(Cl)c1C#N. The average Bonchev–Trinajstić information content (AvgIpc) is 2.48. The Morgan fingerprint density at radius 2 is 1.65 bits per heavy atom. The summed E-state index contributed by atoms with van der Waals surface area (Å²) in [5.74, 6) is 0.392. The van der Waals surface area contributed by atoms with Crippen molar-refractivity contribution in [2.75, 3.05) is 0 Å². The van der Waals surface area contributed by atoms with Crippen LogP contribution in [0.3, 0.4) is 0 Å². The third-order valence-electron chi connectivity index (χ3n) is 2.36. The second-order valence-corrected chi connectivity index (χ2v) is 4.67. The van der Waals surface area contributed by atoms with Crippen LogP contribution in [0, 0.1) is 22.7 Å². The molecule has 0 N–H and O–H groups in total. The number of aromatic nitrogens is 1. The molecule has 0 radical (unpaired) electrons. The molecule has 0 aliphatic rings. The zero-order valence-electron chi connectivity index (χ0n) is 9.69. The molecule has 2 rings (SSSR count). The van der Waals surface area contributed by atoms with Crippen LogP contribution in [-0.2, 0) is 0 Å². The third-order valence-corrected chi connectivity index (χ3v) is 3.55. The summed E-state index contributed by atoms with van der Waals surface area (Å²) in [5.41, 5.74) is -0.162. The van der Waals surface area contributed by atoms with Crippen molar-refractivity contribution in [3.05, 3.63) is 50.7 Å². The summed E-state index contributed by atoms with van der Waals surface area (Å²) in [6, 6.07) is 6.91. The van der Waals surface area contributed by atoms with Crippen LogP contribution in [0.25, 0.3) is 0 Å². The minimum Gasteiger partial charge on any atom is -0.452 e. The first-order chi connectivity index (χ1) is 9.60. The molecule has 98 valence electrons. The van der Waals surface area contributed by atoms with E-state index in [0.29, 0.717) is 5.75 Å². The highest BCUT2D eigenvalue weighted by Crippen LogP contribution is 2.44. The normalized spacial score (nSPS) is 9.65. The molecule has 0 saturated carbocycles. The van der Waals surface area contributed by atoms with E-state index in [9.17, 15) is 0 Å². The third kappa shape index (κ3) is 2.50. The predicted octanol–water partition coefficient (Wildman–Crippen LogP) is 4.58. The molecule has 0 unspecified atom stereocenters. The van der Waals surface area contributed by atoms with Gasteiger partial charge in [0.25, 0.3) is 0 Å². The highest BCUT2D eigenvalue weighted by atomic mass is 35.5. The zero-order chi connectivity index (χ0) is 14.7. The Morgan fingerprint density at radius 1 is 1.00 bits per heavy atom. The summed E-state index contributed by atoms with van der Waals surface area (Å²) >= 11 is 18.1. The average molecular weight is 325 g/mol. The molecule has 0 atom stereocenters. The Labute approximate surface area is 129 Å². The van der Waals surface area contributed by atoms with Crippen molar-refractivity contribution >= 4 is 34.8 Å². The van der Waals surface area contributed by atoms with Gasteiger partial charge in [0.15, 0.2) is 5.75 Å². The molecule has 0 aliphatic heterocycles. The van der Waals surface area contributed by atoms with E-state index in [1.165, 1.54) is 6.20 Å². The molecule has 20 heavy (non-hydrogen) atoms. The second kappa shape index (κ2) is 5.98. The Bertz CT molecular complexity index is 748. The maximum absolute atomic E-state index is 9.08. The van der Waals surface area contributed by atoms with Crippen LogP contribution in [0.1, 0.15) is 11.1 Å². The van der Waals surface area contributed by atoms with Gasteiger partial charge in [0.05, 0.1) is 22.3 Å². The van der Waals surface area contributed by atoms with Crippen LogP contribution < -0.4 is 4.74 Å². The quantitative estimate of drug-likeness (QED) is 0.758. The summed E-state index contributed by atoms with van der Waals surface area (Å²) in [6.07, 6.45) is 3.02. The monoisotopic (exact) mass is 323 g/mol. The number of ether oxygens (including phenoxy) is 1. The minimum absolute atomic E-state index is 0.0156. The number of hydrogen-bond acceptors (Lipinski definition) is 4. The van der Waals surface area contributed by atoms with Gasteiger partial charge in [0, 0.05) is 6.20 Å². The number of benzene rings is 1. The molecular formula is C13H4Cl3N3O. The maximum Gasteiger partial charge on any atom is 0.167 e. The zero-order valence-corrected chi connectivity index (χ0v) is 12.0. The van der Waals surface area contributed by atoms with Crippen LogP contribution in [0.4, 0.5) is 0 Å². The molecule has 0 aliphatic carbocycles. The minimum atomic E-state index is -0.0811. The molecule has 1 heterocycles. The van der Waals surface area contributed by atoms with Crippen molar-refractivity contribution < 1.29 is 4.74 Å². The molecule has 0 bridgehead atoms. The predicted molar refractivity (Wildman–Crippen MR) is 75.2 cm³/mol. The first-order valence-corrected chi connectivity index (χ1v) is 6.32. The molecule has 0 spiro atoms. The lowest BCUT2D eigenvalue weighted by Crippen LogP contribution is -1.95. The van der Waals surface area contributed by atoms with E-state index in [1.807, 2.05) is 6.07 Å². The van der Waals surface area contributed by atoms with E-state index >= 15 is 0 Å². The largest absolute Gasteiger partial charge is 0.452 e. The highest BCUT2D eigenvalue weighted by molar-refractivity contribution is 6.46. The van der Waals surface area contributed by atoms with Crippen molar-refractivity contribution in [3.63, 3.8) is 0 Å². The van der Waals surface area contributed by atoms with Crippen LogP contribution in [0.2, 0.25) is 15.1 Å². The highest BCUT2D eigenvalue weighted by Gasteiger charge is 2.23. The van der Waals surface area contributed by atoms with Crippen molar-refractivity contribution in [3.8, 4) is 23.6 Å². The number of nitriles is 2. The van der Waals surface area contributed by atoms with E-state index in [2.05, 4.69) is 4.98 Å². The number of hydrogen-bond donors (Lipinski definition) is 0. The number of pyridine rings is 1. The van der Waals surface area contributed by atoms with Gasteiger partial charge >= 0.3 is 0 Å². The lowest BCUT2D eigenvalue weighted by Gasteiger charge is -2.12. The van der Waals surface area contributed by atoms with Crippen molar-refractivity contribution in [1.29, 1.82) is 10.5 Å². The Balaban J connectivity index is 2.64. The molecule has 4 nitrogen and oxygen atoms in total. The van der Waals surface area contributed by atoms with E-state index in [0.717, 1.165) is 0 Å². The molecule has 0 saturated heterocycles. The van der Waals surface area contributed by atoms with Gasteiger partial charge in [-0.3, -0.25) is 4.98 Å². The molecule has 0 fully saturated rings. The summed E-state index contributed by atoms with van der Waals surface area (Å²) in [7, 11) is 0. The van der Waals surface area contributed by atoms with E-state index in [-0.39, 0.29) is 31.9 Å². The molecular weight excluding hydrogens is 321 g/mol. The van der Waals surface area contributed by atoms with Crippen LogP contribution in [-0.4, -0.2) is 4.98 Å². The van der Waals surface area contributed by atoms with E-state index < -0.39 is 0 Å². The smallest absolute Gasteiger partial charge is 0.167 e. The van der Waals surface area contributed by atoms with Crippen LogP contribution in [0.15, 0.2) is 24.5 Å². The summed E-state index contributed by atoms with van der Waals surface area (Å²) < 4.78 is 5.49. The first kappa shape index (κ1) is 14.4. The first-order valence-electron chi connectivity index (χ1n) is 5.18. The number of rotatable bonds is 2. The lowest BCUT2D eigenvalue weighted by atomic mass is 10.1. The summed E-state index contributed by atoms with van der Waals surface area (Å²) in [4.78, 5) is 3.88. The fraction of sp³-hybridized carbons (Fsp3) is 0. The van der Waals surface area contributed by atoms with Gasteiger partial charge in [-0.2, -0.15) is 10.5 Å². The van der Waals surface area contributed by atoms with Gasteiger partial charge in [-0.1, -0.05) is 34.8 Å². The standard InChI is InChI=1S/C13H4Cl3N3O/c14-10-8(4-17)9(5-18)11(15)13(12(10)16)20-7-2-1-3-19-6-7/h1-3,6H. The second-order valence-electron chi connectivity index (χ2n) is 3.54. The van der Waals surface area contributed by atoms with Gasteiger partial charge in [-0.15, -0.1) is 0 Å². The Hall–Kier alpha value is -1.98. The van der Waals surface area contributed by atoms with Gasteiger partial charge in [-0.05, 0) is 12.1 Å². The Kier molecular flexibility index (Phi) is 4.32. The fourth-order valence-corrected chi connectivity index (χ4v) is 2.23. The Morgan fingerprint density at radius 3 is 2.20 bits per heavy atom. The van der Waals surface area contributed by atoms with Gasteiger partial charge in [0.1, 0.15) is 27.9 Å². The van der Waals surface area contributed by atoms with Crippen LogP contribution >= 0.6 is 34.8 Å². The van der Waals surface area contributed by atoms with E-state index in [1.54, 1.807) is 24.4 Å². The summed E-state index contributed by atoms with van der Waals surface area (Å²) in [5, 5.41) is 17.9. The molecule has 0 amide bonds. The van der Waals surface area contributed by atoms with Crippen molar-refractivity contribution in [1.82, 2.24) is 4.98 Å². The van der Waals surface area contributed by atoms with Gasteiger partial charge in [-0.25, -0.2) is 0 Å². The van der Waals surface area contributed by atoms with Gasteiger partial charge in [0.2, 0.25) is 0 Å². The lowest BCUT2D eigenvalue weighted by molar-refractivity contribution is 0.480. The molecule has 7 heteroatoms. The molecule has 2 aromatic rings. The maximum atomic E-state index is 9.08. The molecule has 1 aromatic heterocycles. The number of nitrogens with zero attached hydrogens (tertiary/aromatic N) is 3. The fourth-order valence-electron chi connectivity index (χ4n) is 1.46. The number of halogens is 3. The van der Waals surface area contributed by atoms with Gasteiger partial charge < -0.3 is 4.74 Å². The topological polar surface area (TPSA) is 69.7 Å². The van der Waals surface area contributed by atoms with E-state index in [4.69, 9.17) is 50.1 Å².